The highest BCUT2D eigenvalue weighted by molar-refractivity contribution is 5.75. The Morgan fingerprint density at radius 2 is 2.00 bits per heavy atom. The van der Waals surface area contributed by atoms with E-state index in [9.17, 15) is 9.90 Å². The molecule has 2 heterocycles. The Labute approximate surface area is 114 Å². The molecule has 1 spiro atoms. The summed E-state index contributed by atoms with van der Waals surface area (Å²) in [6.45, 7) is 1.43. The summed E-state index contributed by atoms with van der Waals surface area (Å²) in [6.07, 6.45) is 10.0. The molecule has 3 aliphatic rings. The highest BCUT2D eigenvalue weighted by atomic mass is 16.5. The predicted molar refractivity (Wildman–Crippen MR) is 72.1 cm³/mol. The second-order valence-electron chi connectivity index (χ2n) is 6.74. The number of carboxylic acids is 1. The Bertz CT molecular complexity index is 343. The van der Waals surface area contributed by atoms with E-state index in [0.29, 0.717) is 13.0 Å². The fourth-order valence-electron chi connectivity index (χ4n) is 4.23. The van der Waals surface area contributed by atoms with E-state index < -0.39 is 11.4 Å². The van der Waals surface area contributed by atoms with Crippen LogP contribution in [0.3, 0.4) is 0 Å². The number of carbonyl (C=O) groups is 1. The Kier molecular flexibility index (Phi) is 3.56. The molecule has 4 heteroatoms. The van der Waals surface area contributed by atoms with Gasteiger partial charge in [0.05, 0.1) is 17.1 Å². The van der Waals surface area contributed by atoms with Gasteiger partial charge < -0.3 is 15.2 Å². The first kappa shape index (κ1) is 13.4. The van der Waals surface area contributed by atoms with Crippen molar-refractivity contribution in [3.8, 4) is 0 Å². The first-order valence-electron chi connectivity index (χ1n) is 7.76. The predicted octanol–water partition coefficient (Wildman–Crippen LogP) is 2.32. The van der Waals surface area contributed by atoms with Crippen LogP contribution in [0.25, 0.3) is 0 Å². The number of hydrogen-bond donors (Lipinski definition) is 2. The molecule has 2 atom stereocenters. The minimum absolute atomic E-state index is 0.106. The zero-order valence-electron chi connectivity index (χ0n) is 11.6. The average molecular weight is 267 g/mol. The number of hydrogen-bond acceptors (Lipinski definition) is 3. The van der Waals surface area contributed by atoms with Crippen LogP contribution in [0.15, 0.2) is 0 Å². The minimum Gasteiger partial charge on any atom is -0.481 e. The van der Waals surface area contributed by atoms with Crippen molar-refractivity contribution < 1.29 is 14.6 Å². The summed E-state index contributed by atoms with van der Waals surface area (Å²) in [5, 5.41) is 12.7. The van der Waals surface area contributed by atoms with Crippen LogP contribution in [0, 0.1) is 5.41 Å². The number of aliphatic carboxylic acids is 1. The molecule has 108 valence electrons. The summed E-state index contributed by atoms with van der Waals surface area (Å²) in [4.78, 5) is 11.6. The minimum atomic E-state index is -0.648. The van der Waals surface area contributed by atoms with Gasteiger partial charge in [-0.05, 0) is 45.1 Å². The lowest BCUT2D eigenvalue weighted by Crippen LogP contribution is -2.38. The molecule has 19 heavy (non-hydrogen) atoms. The maximum atomic E-state index is 11.6. The lowest BCUT2D eigenvalue weighted by molar-refractivity contribution is -0.151. The van der Waals surface area contributed by atoms with Crippen LogP contribution < -0.4 is 5.32 Å². The Balaban J connectivity index is 1.63. The Morgan fingerprint density at radius 3 is 2.63 bits per heavy atom. The fraction of sp³-hybridized carbons (Fsp3) is 0.933. The second-order valence-corrected chi connectivity index (χ2v) is 6.74. The van der Waals surface area contributed by atoms with Crippen LogP contribution in [0.1, 0.15) is 57.8 Å². The van der Waals surface area contributed by atoms with Crippen LogP contribution in [-0.2, 0) is 9.53 Å². The molecule has 0 aromatic carbocycles. The molecule has 0 aromatic rings. The van der Waals surface area contributed by atoms with Crippen molar-refractivity contribution in [2.24, 2.45) is 5.41 Å². The zero-order valence-corrected chi connectivity index (χ0v) is 11.6. The monoisotopic (exact) mass is 267 g/mol. The van der Waals surface area contributed by atoms with E-state index in [0.717, 1.165) is 25.8 Å². The topological polar surface area (TPSA) is 58.6 Å². The molecule has 2 unspecified atom stereocenters. The molecule has 2 aliphatic heterocycles. The van der Waals surface area contributed by atoms with E-state index in [4.69, 9.17) is 4.74 Å². The molecule has 3 rings (SSSR count). The molecule has 0 bridgehead atoms. The first-order chi connectivity index (χ1) is 9.14. The van der Waals surface area contributed by atoms with Gasteiger partial charge in [-0.2, -0.15) is 0 Å². The van der Waals surface area contributed by atoms with Crippen molar-refractivity contribution in [2.75, 3.05) is 13.1 Å². The van der Waals surface area contributed by atoms with Gasteiger partial charge in [-0.1, -0.05) is 19.3 Å². The zero-order chi connectivity index (χ0) is 13.3. The maximum Gasteiger partial charge on any atom is 0.311 e. The molecule has 0 radical (unpaired) electrons. The summed E-state index contributed by atoms with van der Waals surface area (Å²) in [7, 11) is 0. The van der Waals surface area contributed by atoms with Gasteiger partial charge >= 0.3 is 5.97 Å². The molecule has 4 nitrogen and oxygen atoms in total. The molecule has 1 saturated carbocycles. The Morgan fingerprint density at radius 1 is 1.21 bits per heavy atom. The average Bonchev–Trinajstić information content (AvgIpc) is 3.00. The van der Waals surface area contributed by atoms with Gasteiger partial charge in [-0.15, -0.1) is 0 Å². The van der Waals surface area contributed by atoms with Crippen molar-refractivity contribution >= 4 is 5.97 Å². The van der Waals surface area contributed by atoms with E-state index >= 15 is 0 Å². The Hall–Kier alpha value is -0.610. The van der Waals surface area contributed by atoms with Gasteiger partial charge in [0.1, 0.15) is 0 Å². The SMILES string of the molecule is O=C(O)C1(CC2CCC3(CCCCC3)O2)CCNC1. The lowest BCUT2D eigenvalue weighted by Gasteiger charge is -2.34. The largest absolute Gasteiger partial charge is 0.481 e. The third-order valence-electron chi connectivity index (χ3n) is 5.42. The molecule has 0 aromatic heterocycles. The van der Waals surface area contributed by atoms with Gasteiger partial charge in [0.2, 0.25) is 0 Å². The van der Waals surface area contributed by atoms with Crippen molar-refractivity contribution in [2.45, 2.75) is 69.5 Å². The van der Waals surface area contributed by atoms with Crippen LogP contribution in [0.5, 0.6) is 0 Å². The fourth-order valence-corrected chi connectivity index (χ4v) is 4.23. The summed E-state index contributed by atoms with van der Waals surface area (Å²) in [5.41, 5.74) is -0.473. The molecule has 2 saturated heterocycles. The van der Waals surface area contributed by atoms with Gasteiger partial charge in [-0.3, -0.25) is 4.79 Å². The third kappa shape index (κ3) is 2.52. The molecule has 3 fully saturated rings. The number of ether oxygens (including phenoxy) is 1. The smallest absolute Gasteiger partial charge is 0.311 e. The molecule has 2 N–H and O–H groups in total. The van der Waals surface area contributed by atoms with E-state index in [2.05, 4.69) is 5.32 Å². The van der Waals surface area contributed by atoms with Crippen LogP contribution in [0.4, 0.5) is 0 Å². The van der Waals surface area contributed by atoms with Crippen LogP contribution >= 0.6 is 0 Å². The van der Waals surface area contributed by atoms with Gasteiger partial charge in [0.15, 0.2) is 0 Å². The maximum absolute atomic E-state index is 11.6. The van der Waals surface area contributed by atoms with E-state index in [1.807, 2.05) is 0 Å². The van der Waals surface area contributed by atoms with Crippen LogP contribution in [-0.4, -0.2) is 35.9 Å². The highest BCUT2D eigenvalue weighted by Crippen LogP contribution is 2.45. The summed E-state index contributed by atoms with van der Waals surface area (Å²) >= 11 is 0. The highest BCUT2D eigenvalue weighted by Gasteiger charge is 2.48. The lowest BCUT2D eigenvalue weighted by atomic mass is 9.80. The summed E-state index contributed by atoms with van der Waals surface area (Å²) < 4.78 is 6.34. The van der Waals surface area contributed by atoms with Crippen molar-refractivity contribution in [3.63, 3.8) is 0 Å². The summed E-state index contributed by atoms with van der Waals surface area (Å²) in [5.74, 6) is -0.648. The number of carboxylic acid groups (broad SMARTS) is 1. The van der Waals surface area contributed by atoms with Crippen molar-refractivity contribution in [3.05, 3.63) is 0 Å². The quantitative estimate of drug-likeness (QED) is 0.824. The molecular weight excluding hydrogens is 242 g/mol. The second kappa shape index (κ2) is 5.06. The molecule has 1 aliphatic carbocycles. The van der Waals surface area contributed by atoms with Gasteiger partial charge in [0, 0.05) is 6.54 Å². The standard InChI is InChI=1S/C15H25NO3/c17-13(18)14(8-9-16-11-14)10-12-4-7-15(19-12)5-2-1-3-6-15/h12,16H,1-11H2,(H,17,18). The third-order valence-corrected chi connectivity index (χ3v) is 5.42. The number of nitrogens with one attached hydrogen (secondary N) is 1. The molecule has 0 amide bonds. The molecular formula is C15H25NO3. The number of rotatable bonds is 3. The van der Waals surface area contributed by atoms with Crippen LogP contribution in [0.2, 0.25) is 0 Å². The van der Waals surface area contributed by atoms with E-state index in [-0.39, 0.29) is 11.7 Å². The first-order valence-corrected chi connectivity index (χ1v) is 7.76. The normalized spacial score (nSPS) is 37.8. The van der Waals surface area contributed by atoms with Crippen molar-refractivity contribution in [1.29, 1.82) is 0 Å². The van der Waals surface area contributed by atoms with Gasteiger partial charge in [0.25, 0.3) is 0 Å². The van der Waals surface area contributed by atoms with E-state index in [1.54, 1.807) is 0 Å². The van der Waals surface area contributed by atoms with Gasteiger partial charge in [-0.25, -0.2) is 0 Å². The summed E-state index contributed by atoms with van der Waals surface area (Å²) in [6, 6.07) is 0. The van der Waals surface area contributed by atoms with E-state index in [1.165, 1.54) is 32.1 Å². The van der Waals surface area contributed by atoms with Crippen molar-refractivity contribution in [1.82, 2.24) is 5.32 Å².